The maximum atomic E-state index is 12.5. The highest BCUT2D eigenvalue weighted by Gasteiger charge is 2.20. The number of sulfonamides is 1. The van der Waals surface area contributed by atoms with Gasteiger partial charge in [-0.1, -0.05) is 30.3 Å². The number of hydrogen-bond donors (Lipinski definition) is 2. The fourth-order valence-electron chi connectivity index (χ4n) is 1.89. The molecule has 2 aromatic rings. The molecule has 0 unspecified atom stereocenters. The lowest BCUT2D eigenvalue weighted by atomic mass is 10.1. The minimum Gasteiger partial charge on any atom is -0.349 e. The molecule has 2 rings (SSSR count). The molecular weight excluding hydrogens is 380 g/mol. The Kier molecular flexibility index (Phi) is 5.57. The third-order valence-corrected chi connectivity index (χ3v) is 5.33. The molecule has 1 amide bonds. The van der Waals surface area contributed by atoms with Crippen molar-refractivity contribution in [1.82, 2.24) is 5.32 Å². The Balaban J connectivity index is 2.35. The number of rotatable bonds is 6. The van der Waals surface area contributed by atoms with Gasteiger partial charge in [-0.3, -0.25) is 9.52 Å². The minimum atomic E-state index is -3.82. The molecule has 0 radical (unpaired) electrons. The van der Waals surface area contributed by atoms with Crippen LogP contribution in [0.15, 0.2) is 70.6 Å². The summed E-state index contributed by atoms with van der Waals surface area (Å²) in [5.74, 6) is -0.379. The van der Waals surface area contributed by atoms with Crippen LogP contribution in [0, 0.1) is 0 Å². The topological polar surface area (TPSA) is 75.3 Å². The van der Waals surface area contributed by atoms with Crippen LogP contribution in [0.25, 0.3) is 0 Å². The number of carbonyl (C=O) groups is 1. The molecule has 120 valence electrons. The number of halogens is 1. The molecule has 0 fully saturated rings. The number of hydrogen-bond acceptors (Lipinski definition) is 3. The van der Waals surface area contributed by atoms with E-state index in [-0.39, 0.29) is 22.1 Å². The van der Waals surface area contributed by atoms with Gasteiger partial charge in [0.1, 0.15) is 4.90 Å². The second-order valence-electron chi connectivity index (χ2n) is 4.58. The number of benzene rings is 2. The third-order valence-electron chi connectivity index (χ3n) is 2.95. The fourth-order valence-corrected chi connectivity index (χ4v) is 3.98. The number of para-hydroxylation sites is 1. The summed E-state index contributed by atoms with van der Waals surface area (Å²) in [6, 6.07) is 12.9. The van der Waals surface area contributed by atoms with Crippen LogP contribution < -0.4 is 10.0 Å². The van der Waals surface area contributed by atoms with Crippen molar-refractivity contribution in [1.29, 1.82) is 0 Å². The Hall–Kier alpha value is -2.12. The van der Waals surface area contributed by atoms with Gasteiger partial charge in [-0.25, -0.2) is 8.42 Å². The van der Waals surface area contributed by atoms with Gasteiger partial charge in [0.25, 0.3) is 15.9 Å². The SMILES string of the molecule is C=CCNC(=O)c1ccccc1NS(=O)(=O)c1ccccc1Br. The van der Waals surface area contributed by atoms with Gasteiger partial charge in [0, 0.05) is 11.0 Å². The Morgan fingerprint density at radius 1 is 1.13 bits per heavy atom. The van der Waals surface area contributed by atoms with Crippen LogP contribution in [0.2, 0.25) is 0 Å². The number of anilines is 1. The van der Waals surface area contributed by atoms with Gasteiger partial charge < -0.3 is 5.32 Å². The summed E-state index contributed by atoms with van der Waals surface area (Å²) < 4.78 is 27.9. The van der Waals surface area contributed by atoms with Crippen molar-refractivity contribution in [2.45, 2.75) is 4.90 Å². The van der Waals surface area contributed by atoms with Crippen molar-refractivity contribution in [3.8, 4) is 0 Å². The van der Waals surface area contributed by atoms with Gasteiger partial charge in [-0.05, 0) is 40.2 Å². The van der Waals surface area contributed by atoms with Crippen LogP contribution in [0.4, 0.5) is 5.69 Å². The van der Waals surface area contributed by atoms with Gasteiger partial charge >= 0.3 is 0 Å². The van der Waals surface area contributed by atoms with Crippen molar-refractivity contribution in [3.63, 3.8) is 0 Å². The summed E-state index contributed by atoms with van der Waals surface area (Å²) in [5.41, 5.74) is 0.454. The maximum Gasteiger partial charge on any atom is 0.263 e. The van der Waals surface area contributed by atoms with E-state index >= 15 is 0 Å². The minimum absolute atomic E-state index is 0.0984. The molecule has 0 spiro atoms. The number of amides is 1. The Bertz CT molecular complexity index is 835. The third kappa shape index (κ3) is 4.20. The number of nitrogens with one attached hydrogen (secondary N) is 2. The molecule has 7 heteroatoms. The van der Waals surface area contributed by atoms with E-state index in [1.165, 1.54) is 12.1 Å². The Morgan fingerprint density at radius 2 is 1.78 bits per heavy atom. The van der Waals surface area contributed by atoms with E-state index in [4.69, 9.17) is 0 Å². The van der Waals surface area contributed by atoms with Crippen molar-refractivity contribution in [2.24, 2.45) is 0 Å². The van der Waals surface area contributed by atoms with Gasteiger partial charge in [-0.2, -0.15) is 0 Å². The molecule has 0 aliphatic carbocycles. The molecule has 0 heterocycles. The average Bonchev–Trinajstić information content (AvgIpc) is 2.53. The second kappa shape index (κ2) is 7.43. The van der Waals surface area contributed by atoms with Crippen LogP contribution >= 0.6 is 15.9 Å². The van der Waals surface area contributed by atoms with E-state index in [0.717, 1.165) is 0 Å². The maximum absolute atomic E-state index is 12.5. The van der Waals surface area contributed by atoms with E-state index in [2.05, 4.69) is 32.5 Å². The molecule has 2 N–H and O–H groups in total. The monoisotopic (exact) mass is 394 g/mol. The largest absolute Gasteiger partial charge is 0.349 e. The summed E-state index contributed by atoms with van der Waals surface area (Å²) in [7, 11) is -3.82. The normalized spacial score (nSPS) is 10.8. The first kappa shape index (κ1) is 17.2. The van der Waals surface area contributed by atoms with Gasteiger partial charge in [0.05, 0.1) is 11.3 Å². The van der Waals surface area contributed by atoms with Crippen molar-refractivity contribution < 1.29 is 13.2 Å². The van der Waals surface area contributed by atoms with E-state index in [1.807, 2.05) is 0 Å². The summed E-state index contributed by atoms with van der Waals surface area (Å²) in [6.45, 7) is 3.82. The van der Waals surface area contributed by atoms with Crippen LogP contribution in [0.1, 0.15) is 10.4 Å². The Labute approximate surface area is 143 Å². The molecule has 0 aromatic heterocycles. The molecule has 0 aliphatic rings. The number of carbonyl (C=O) groups excluding carboxylic acids is 1. The van der Waals surface area contributed by atoms with Crippen LogP contribution in [0.3, 0.4) is 0 Å². The smallest absolute Gasteiger partial charge is 0.263 e. The first-order valence-corrected chi connectivity index (χ1v) is 8.99. The molecule has 2 aromatic carbocycles. The predicted molar refractivity (Wildman–Crippen MR) is 93.9 cm³/mol. The quantitative estimate of drug-likeness (QED) is 0.738. The summed E-state index contributed by atoms with van der Waals surface area (Å²) in [6.07, 6.45) is 1.55. The molecule has 0 bridgehead atoms. The van der Waals surface area contributed by atoms with Gasteiger partial charge in [0.2, 0.25) is 0 Å². The highest BCUT2D eigenvalue weighted by molar-refractivity contribution is 9.10. The highest BCUT2D eigenvalue weighted by Crippen LogP contribution is 2.25. The van der Waals surface area contributed by atoms with E-state index in [0.29, 0.717) is 11.0 Å². The van der Waals surface area contributed by atoms with Crippen molar-refractivity contribution in [2.75, 3.05) is 11.3 Å². The predicted octanol–water partition coefficient (Wildman–Crippen LogP) is 3.17. The first-order chi connectivity index (χ1) is 11.0. The molecule has 0 saturated carbocycles. The average molecular weight is 395 g/mol. The fraction of sp³-hybridized carbons (Fsp3) is 0.0625. The second-order valence-corrected chi connectivity index (χ2v) is 7.09. The van der Waals surface area contributed by atoms with Crippen molar-refractivity contribution in [3.05, 3.63) is 71.2 Å². The zero-order valence-corrected chi connectivity index (χ0v) is 14.5. The first-order valence-electron chi connectivity index (χ1n) is 6.71. The lowest BCUT2D eigenvalue weighted by Crippen LogP contribution is -2.25. The summed E-state index contributed by atoms with van der Waals surface area (Å²) in [5, 5.41) is 2.62. The zero-order chi connectivity index (χ0) is 16.9. The van der Waals surface area contributed by atoms with Crippen LogP contribution in [0.5, 0.6) is 0 Å². The van der Waals surface area contributed by atoms with Crippen LogP contribution in [-0.4, -0.2) is 20.9 Å². The lowest BCUT2D eigenvalue weighted by Gasteiger charge is -2.13. The van der Waals surface area contributed by atoms with Gasteiger partial charge in [-0.15, -0.1) is 6.58 Å². The van der Waals surface area contributed by atoms with Gasteiger partial charge in [0.15, 0.2) is 0 Å². The molecule has 0 aliphatic heterocycles. The molecule has 5 nitrogen and oxygen atoms in total. The molecule has 23 heavy (non-hydrogen) atoms. The lowest BCUT2D eigenvalue weighted by molar-refractivity contribution is 0.0959. The van der Waals surface area contributed by atoms with E-state index in [1.54, 1.807) is 42.5 Å². The van der Waals surface area contributed by atoms with Crippen molar-refractivity contribution >= 4 is 37.5 Å². The van der Waals surface area contributed by atoms with Crippen LogP contribution in [-0.2, 0) is 10.0 Å². The Morgan fingerprint density at radius 3 is 2.48 bits per heavy atom. The molecule has 0 atom stereocenters. The molecular formula is C16H15BrN2O3S. The van der Waals surface area contributed by atoms with E-state index < -0.39 is 10.0 Å². The molecule has 0 saturated heterocycles. The summed E-state index contributed by atoms with van der Waals surface area (Å²) in [4.78, 5) is 12.2. The van der Waals surface area contributed by atoms with E-state index in [9.17, 15) is 13.2 Å². The zero-order valence-electron chi connectivity index (χ0n) is 12.1. The standard InChI is InChI=1S/C16H15BrN2O3S/c1-2-11-18-16(20)12-7-3-5-9-14(12)19-23(21,22)15-10-6-4-8-13(15)17/h2-10,19H,1,11H2,(H,18,20). The highest BCUT2D eigenvalue weighted by atomic mass is 79.9. The summed E-state index contributed by atoms with van der Waals surface area (Å²) >= 11 is 3.22.